The van der Waals surface area contributed by atoms with Crippen LogP contribution < -0.4 is 0 Å². The van der Waals surface area contributed by atoms with Crippen molar-refractivity contribution in [1.29, 1.82) is 0 Å². The lowest BCUT2D eigenvalue weighted by Crippen LogP contribution is -2.15. The second-order valence-corrected chi connectivity index (χ2v) is 3.88. The molecule has 0 bridgehead atoms. The molecule has 1 aromatic rings. The molecule has 0 radical (unpaired) electrons. The van der Waals surface area contributed by atoms with Crippen LogP contribution in [-0.4, -0.2) is 25.9 Å². The third-order valence-corrected chi connectivity index (χ3v) is 1.86. The Bertz CT molecular complexity index is 325. The molecule has 0 saturated carbocycles. The minimum absolute atomic E-state index is 0.116. The Labute approximate surface area is 82.7 Å². The van der Waals surface area contributed by atoms with Crippen molar-refractivity contribution in [2.75, 3.05) is 0 Å². The van der Waals surface area contributed by atoms with Crippen LogP contribution >= 0.6 is 0 Å². The molecule has 1 N–H and O–H groups in total. The first-order valence-electron chi connectivity index (χ1n) is 4.52. The lowest BCUT2D eigenvalue weighted by molar-refractivity contribution is -0.117. The number of aromatic nitrogens is 3. The first kappa shape index (κ1) is 10.8. The van der Waals surface area contributed by atoms with Gasteiger partial charge in [0.1, 0.15) is 17.1 Å². The Balaban J connectivity index is 2.64. The predicted molar refractivity (Wildman–Crippen MR) is 50.6 cm³/mol. The fourth-order valence-corrected chi connectivity index (χ4v) is 0.960. The molecule has 5 nitrogen and oxygen atoms in total. The molecule has 1 rings (SSSR count). The zero-order chi connectivity index (χ0) is 10.8. The molecule has 0 amide bonds. The van der Waals surface area contributed by atoms with Crippen LogP contribution in [0.15, 0.2) is 6.20 Å². The maximum Gasteiger partial charge on any atom is 0.131 e. The fraction of sp³-hybridized carbons (Fsp3) is 0.667. The van der Waals surface area contributed by atoms with E-state index in [1.54, 1.807) is 24.7 Å². The Morgan fingerprint density at radius 1 is 1.64 bits per heavy atom. The fourth-order valence-electron chi connectivity index (χ4n) is 0.960. The molecular weight excluding hydrogens is 182 g/mol. The molecule has 5 heteroatoms. The monoisotopic (exact) mass is 197 g/mol. The van der Waals surface area contributed by atoms with E-state index in [0.717, 1.165) is 0 Å². The van der Waals surface area contributed by atoms with E-state index in [-0.39, 0.29) is 5.78 Å². The van der Waals surface area contributed by atoms with E-state index in [0.29, 0.717) is 18.7 Å². The quantitative estimate of drug-likeness (QED) is 0.762. The summed E-state index contributed by atoms with van der Waals surface area (Å²) in [4.78, 5) is 10.7. The molecule has 0 aliphatic heterocycles. The molecular formula is C9H15N3O2. The van der Waals surface area contributed by atoms with Gasteiger partial charge in [0.15, 0.2) is 0 Å². The SMILES string of the molecule is CC(=O)CCn1cc(C(C)(C)O)nn1. The van der Waals surface area contributed by atoms with Crippen LogP contribution in [0.3, 0.4) is 0 Å². The number of carbonyl (C=O) groups excluding carboxylic acids is 1. The Morgan fingerprint density at radius 2 is 2.29 bits per heavy atom. The molecule has 0 aromatic carbocycles. The summed E-state index contributed by atoms with van der Waals surface area (Å²) in [6, 6.07) is 0. The molecule has 0 aliphatic carbocycles. The molecule has 1 heterocycles. The Hall–Kier alpha value is -1.23. The molecule has 1 aromatic heterocycles. The molecule has 0 saturated heterocycles. The van der Waals surface area contributed by atoms with Crippen molar-refractivity contribution in [3.63, 3.8) is 0 Å². The summed E-state index contributed by atoms with van der Waals surface area (Å²) in [5.74, 6) is 0.116. The first-order chi connectivity index (χ1) is 6.39. The van der Waals surface area contributed by atoms with Gasteiger partial charge in [-0.3, -0.25) is 9.48 Å². The summed E-state index contributed by atoms with van der Waals surface area (Å²) in [6.07, 6.45) is 2.09. The third kappa shape index (κ3) is 2.92. The summed E-state index contributed by atoms with van der Waals surface area (Å²) in [7, 11) is 0. The van der Waals surface area contributed by atoms with Crippen molar-refractivity contribution in [3.8, 4) is 0 Å². The number of aliphatic hydroxyl groups is 1. The van der Waals surface area contributed by atoms with Crippen LogP contribution in [0.4, 0.5) is 0 Å². The van der Waals surface area contributed by atoms with E-state index in [1.807, 2.05) is 0 Å². The van der Waals surface area contributed by atoms with Gasteiger partial charge in [-0.25, -0.2) is 0 Å². The maximum absolute atomic E-state index is 10.7. The number of ketones is 1. The van der Waals surface area contributed by atoms with Gasteiger partial charge < -0.3 is 5.11 Å². The van der Waals surface area contributed by atoms with Crippen LogP contribution in [0.2, 0.25) is 0 Å². The molecule has 78 valence electrons. The standard InChI is InChI=1S/C9H15N3O2/c1-7(13)4-5-12-6-8(10-11-12)9(2,3)14/h6,14H,4-5H2,1-3H3. The lowest BCUT2D eigenvalue weighted by Gasteiger charge is -2.11. The van der Waals surface area contributed by atoms with Gasteiger partial charge in [0.25, 0.3) is 0 Å². The van der Waals surface area contributed by atoms with Crippen LogP contribution in [-0.2, 0) is 16.9 Å². The van der Waals surface area contributed by atoms with Gasteiger partial charge in [-0.1, -0.05) is 5.21 Å². The average Bonchev–Trinajstić information content (AvgIpc) is 2.47. The van der Waals surface area contributed by atoms with Crippen LogP contribution in [0.25, 0.3) is 0 Å². The number of hydrogen-bond donors (Lipinski definition) is 1. The van der Waals surface area contributed by atoms with Gasteiger partial charge in [-0.2, -0.15) is 0 Å². The number of nitrogens with zero attached hydrogens (tertiary/aromatic N) is 3. The number of rotatable bonds is 4. The summed E-state index contributed by atoms with van der Waals surface area (Å²) < 4.78 is 1.56. The Morgan fingerprint density at radius 3 is 2.71 bits per heavy atom. The molecule has 0 atom stereocenters. The van der Waals surface area contributed by atoms with Gasteiger partial charge in [0, 0.05) is 13.0 Å². The third-order valence-electron chi connectivity index (χ3n) is 1.86. The van der Waals surface area contributed by atoms with Crippen molar-refractivity contribution < 1.29 is 9.90 Å². The summed E-state index contributed by atoms with van der Waals surface area (Å²) >= 11 is 0. The predicted octanol–water partition coefficient (Wildman–Crippen LogP) is 0.485. The van der Waals surface area contributed by atoms with E-state index < -0.39 is 5.60 Å². The summed E-state index contributed by atoms with van der Waals surface area (Å²) in [6.45, 7) is 5.34. The van der Waals surface area contributed by atoms with Crippen molar-refractivity contribution >= 4 is 5.78 Å². The average molecular weight is 197 g/mol. The zero-order valence-corrected chi connectivity index (χ0v) is 8.69. The largest absolute Gasteiger partial charge is 0.384 e. The van der Waals surface area contributed by atoms with Crippen LogP contribution in [0, 0.1) is 0 Å². The summed E-state index contributed by atoms with van der Waals surface area (Å²) in [5.41, 5.74) is -0.463. The van der Waals surface area contributed by atoms with E-state index >= 15 is 0 Å². The van der Waals surface area contributed by atoms with Crippen molar-refractivity contribution in [1.82, 2.24) is 15.0 Å². The van der Waals surface area contributed by atoms with Gasteiger partial charge in [0.05, 0.1) is 6.20 Å². The Kier molecular flexibility index (Phi) is 3.00. The molecule has 14 heavy (non-hydrogen) atoms. The lowest BCUT2D eigenvalue weighted by atomic mass is 10.1. The number of aryl methyl sites for hydroxylation is 1. The normalized spacial score (nSPS) is 11.7. The number of Topliss-reactive ketones (excluding diaryl/α,β-unsaturated/α-hetero) is 1. The molecule has 0 aliphatic rings. The smallest absolute Gasteiger partial charge is 0.131 e. The minimum atomic E-state index is -0.978. The highest BCUT2D eigenvalue weighted by Crippen LogP contribution is 2.15. The topological polar surface area (TPSA) is 68.0 Å². The number of carbonyl (C=O) groups is 1. The number of hydrogen-bond acceptors (Lipinski definition) is 4. The highest BCUT2D eigenvalue weighted by atomic mass is 16.3. The van der Waals surface area contributed by atoms with Crippen LogP contribution in [0.5, 0.6) is 0 Å². The van der Waals surface area contributed by atoms with Gasteiger partial charge in [-0.15, -0.1) is 5.10 Å². The molecule has 0 fully saturated rings. The highest BCUT2D eigenvalue weighted by molar-refractivity contribution is 5.75. The van der Waals surface area contributed by atoms with Crippen molar-refractivity contribution in [2.24, 2.45) is 0 Å². The van der Waals surface area contributed by atoms with Gasteiger partial charge in [0.2, 0.25) is 0 Å². The molecule has 0 spiro atoms. The summed E-state index contributed by atoms with van der Waals surface area (Å²) in [5, 5.41) is 17.2. The van der Waals surface area contributed by atoms with Crippen molar-refractivity contribution in [3.05, 3.63) is 11.9 Å². The first-order valence-corrected chi connectivity index (χ1v) is 4.52. The van der Waals surface area contributed by atoms with E-state index in [9.17, 15) is 9.90 Å². The second-order valence-electron chi connectivity index (χ2n) is 3.88. The van der Waals surface area contributed by atoms with Crippen molar-refractivity contribution in [2.45, 2.75) is 39.3 Å². The van der Waals surface area contributed by atoms with Crippen LogP contribution in [0.1, 0.15) is 32.9 Å². The molecule has 0 unspecified atom stereocenters. The van der Waals surface area contributed by atoms with E-state index in [4.69, 9.17) is 0 Å². The second kappa shape index (κ2) is 3.88. The van der Waals surface area contributed by atoms with Gasteiger partial charge >= 0.3 is 0 Å². The van der Waals surface area contributed by atoms with E-state index in [2.05, 4.69) is 10.3 Å². The van der Waals surface area contributed by atoms with Gasteiger partial charge in [-0.05, 0) is 20.8 Å². The minimum Gasteiger partial charge on any atom is -0.384 e. The zero-order valence-electron chi connectivity index (χ0n) is 8.69. The highest BCUT2D eigenvalue weighted by Gasteiger charge is 2.19. The maximum atomic E-state index is 10.7. The van der Waals surface area contributed by atoms with E-state index in [1.165, 1.54) is 6.92 Å².